The molecule has 0 bridgehead atoms. The summed E-state index contributed by atoms with van der Waals surface area (Å²) >= 11 is 11.1. The van der Waals surface area contributed by atoms with Crippen molar-refractivity contribution < 1.29 is 8.78 Å². The van der Waals surface area contributed by atoms with Crippen LogP contribution in [0.1, 0.15) is 17.6 Å². The first-order chi connectivity index (χ1) is 5.52. The lowest BCUT2D eigenvalue weighted by atomic mass is 10.1. The largest absolute Gasteiger partial charge is 0.265 e. The van der Waals surface area contributed by atoms with Gasteiger partial charge in [0.05, 0.1) is 10.0 Å². The SMILES string of the molecule is Cc1cc(Cl)c(Cl)c(C(F)F)c1. The van der Waals surface area contributed by atoms with Crippen LogP contribution in [0.3, 0.4) is 0 Å². The van der Waals surface area contributed by atoms with Gasteiger partial charge in [-0.05, 0) is 24.6 Å². The summed E-state index contributed by atoms with van der Waals surface area (Å²) in [5.41, 5.74) is 0.473. The van der Waals surface area contributed by atoms with Crippen molar-refractivity contribution in [3.63, 3.8) is 0 Å². The molecule has 0 aliphatic heterocycles. The first-order valence-corrected chi connectivity index (χ1v) is 4.01. The molecule has 0 fully saturated rings. The molecule has 12 heavy (non-hydrogen) atoms. The van der Waals surface area contributed by atoms with E-state index in [2.05, 4.69) is 0 Å². The van der Waals surface area contributed by atoms with Gasteiger partial charge in [0.15, 0.2) is 0 Å². The van der Waals surface area contributed by atoms with Gasteiger partial charge in [-0.25, -0.2) is 8.78 Å². The lowest BCUT2D eigenvalue weighted by Crippen LogP contribution is -1.88. The van der Waals surface area contributed by atoms with E-state index in [1.807, 2.05) is 0 Å². The zero-order chi connectivity index (χ0) is 9.30. The van der Waals surface area contributed by atoms with Crippen molar-refractivity contribution in [1.82, 2.24) is 0 Å². The Kier molecular flexibility index (Phi) is 2.91. The third kappa shape index (κ3) is 1.87. The number of hydrogen-bond donors (Lipinski definition) is 0. The van der Waals surface area contributed by atoms with E-state index in [4.69, 9.17) is 23.2 Å². The number of hydrogen-bond acceptors (Lipinski definition) is 0. The maximum absolute atomic E-state index is 12.2. The molecular formula is C8H6Cl2F2. The fraction of sp³-hybridized carbons (Fsp3) is 0.250. The predicted molar refractivity (Wildman–Crippen MR) is 46.2 cm³/mol. The van der Waals surface area contributed by atoms with E-state index >= 15 is 0 Å². The van der Waals surface area contributed by atoms with Gasteiger partial charge in [0.25, 0.3) is 6.43 Å². The lowest BCUT2D eigenvalue weighted by Gasteiger charge is -2.05. The standard InChI is InChI=1S/C8H6Cl2F2/c1-4-2-5(8(11)12)7(10)6(9)3-4/h2-3,8H,1H3. The second-order valence-corrected chi connectivity index (χ2v) is 3.24. The Labute approximate surface area is 79.1 Å². The summed E-state index contributed by atoms with van der Waals surface area (Å²) in [7, 11) is 0. The molecule has 0 saturated heterocycles. The molecule has 1 aromatic carbocycles. The zero-order valence-electron chi connectivity index (χ0n) is 6.24. The number of halogens is 4. The monoisotopic (exact) mass is 210 g/mol. The number of rotatable bonds is 1. The molecule has 0 nitrogen and oxygen atoms in total. The lowest BCUT2D eigenvalue weighted by molar-refractivity contribution is 0.151. The first-order valence-electron chi connectivity index (χ1n) is 3.26. The minimum absolute atomic E-state index is 0.0581. The molecule has 0 unspecified atom stereocenters. The van der Waals surface area contributed by atoms with Crippen LogP contribution < -0.4 is 0 Å². The van der Waals surface area contributed by atoms with Gasteiger partial charge in [0.2, 0.25) is 0 Å². The Balaban J connectivity index is 3.28. The summed E-state index contributed by atoms with van der Waals surface area (Å²) in [5, 5.41) is 0.115. The fourth-order valence-corrected chi connectivity index (χ4v) is 1.38. The summed E-state index contributed by atoms with van der Waals surface area (Å²) in [6, 6.07) is 2.88. The highest BCUT2D eigenvalue weighted by Crippen LogP contribution is 2.33. The first kappa shape index (κ1) is 9.75. The van der Waals surface area contributed by atoms with E-state index in [1.165, 1.54) is 6.07 Å². The fourth-order valence-electron chi connectivity index (χ4n) is 0.910. The molecule has 66 valence electrons. The van der Waals surface area contributed by atoms with Crippen molar-refractivity contribution in [2.45, 2.75) is 13.3 Å². The Morgan fingerprint density at radius 2 is 1.83 bits per heavy atom. The topological polar surface area (TPSA) is 0 Å². The highest BCUT2D eigenvalue weighted by atomic mass is 35.5. The predicted octanol–water partition coefficient (Wildman–Crippen LogP) is 4.24. The smallest absolute Gasteiger partial charge is 0.205 e. The van der Waals surface area contributed by atoms with Crippen LogP contribution in [0, 0.1) is 6.92 Å². The van der Waals surface area contributed by atoms with Gasteiger partial charge in [-0.2, -0.15) is 0 Å². The Hall–Kier alpha value is -0.340. The van der Waals surface area contributed by atoms with Gasteiger partial charge in [0, 0.05) is 5.56 Å². The van der Waals surface area contributed by atoms with E-state index < -0.39 is 6.43 Å². The average molecular weight is 211 g/mol. The molecule has 0 aliphatic carbocycles. The molecule has 0 amide bonds. The van der Waals surface area contributed by atoms with Crippen LogP contribution >= 0.6 is 23.2 Å². The average Bonchev–Trinajstić information content (AvgIpc) is 1.96. The van der Waals surface area contributed by atoms with Crippen LogP contribution in [0.5, 0.6) is 0 Å². The molecule has 0 heterocycles. The van der Waals surface area contributed by atoms with Crippen LogP contribution in [0.15, 0.2) is 12.1 Å². The Morgan fingerprint density at radius 3 is 2.33 bits per heavy atom. The number of aryl methyl sites for hydroxylation is 1. The van der Waals surface area contributed by atoms with E-state index in [9.17, 15) is 8.78 Å². The minimum atomic E-state index is -2.57. The quantitative estimate of drug-likeness (QED) is 0.651. The second kappa shape index (κ2) is 3.58. The van der Waals surface area contributed by atoms with Gasteiger partial charge in [-0.3, -0.25) is 0 Å². The van der Waals surface area contributed by atoms with E-state index in [-0.39, 0.29) is 15.6 Å². The molecule has 0 radical (unpaired) electrons. The molecule has 0 N–H and O–H groups in total. The van der Waals surface area contributed by atoms with Crippen LogP contribution in [-0.4, -0.2) is 0 Å². The summed E-state index contributed by atoms with van der Waals surface area (Å²) < 4.78 is 24.5. The van der Waals surface area contributed by atoms with E-state index in [1.54, 1.807) is 13.0 Å². The highest BCUT2D eigenvalue weighted by Gasteiger charge is 2.14. The van der Waals surface area contributed by atoms with Crippen molar-refractivity contribution in [2.24, 2.45) is 0 Å². The summed E-state index contributed by atoms with van der Waals surface area (Å²) in [6.07, 6.45) is -2.57. The molecule has 0 saturated carbocycles. The molecule has 1 rings (SSSR count). The van der Waals surface area contributed by atoms with Crippen LogP contribution in [0.2, 0.25) is 10.0 Å². The third-order valence-corrected chi connectivity index (χ3v) is 2.25. The molecule has 1 aromatic rings. The summed E-state index contributed by atoms with van der Waals surface area (Å²) in [5.74, 6) is 0. The minimum Gasteiger partial charge on any atom is -0.205 e. The van der Waals surface area contributed by atoms with Gasteiger partial charge in [-0.15, -0.1) is 0 Å². The van der Waals surface area contributed by atoms with Gasteiger partial charge >= 0.3 is 0 Å². The van der Waals surface area contributed by atoms with Gasteiger partial charge in [0.1, 0.15) is 0 Å². The van der Waals surface area contributed by atoms with E-state index in [0.717, 1.165) is 0 Å². The van der Waals surface area contributed by atoms with Crippen molar-refractivity contribution in [3.05, 3.63) is 33.3 Å². The van der Waals surface area contributed by atoms with Crippen LogP contribution in [0.4, 0.5) is 8.78 Å². The van der Waals surface area contributed by atoms with Crippen molar-refractivity contribution in [1.29, 1.82) is 0 Å². The summed E-state index contributed by atoms with van der Waals surface area (Å²) in [6.45, 7) is 1.69. The van der Waals surface area contributed by atoms with Crippen LogP contribution in [0.25, 0.3) is 0 Å². The Bertz CT molecular complexity index is 297. The van der Waals surface area contributed by atoms with Gasteiger partial charge in [-0.1, -0.05) is 23.2 Å². The highest BCUT2D eigenvalue weighted by molar-refractivity contribution is 6.42. The molecule has 0 aliphatic rings. The molecule has 4 heteroatoms. The number of benzene rings is 1. The Morgan fingerprint density at radius 1 is 1.25 bits per heavy atom. The molecule has 0 spiro atoms. The van der Waals surface area contributed by atoms with Crippen molar-refractivity contribution in [2.75, 3.05) is 0 Å². The third-order valence-electron chi connectivity index (χ3n) is 1.44. The van der Waals surface area contributed by atoms with E-state index in [0.29, 0.717) is 5.56 Å². The maximum atomic E-state index is 12.2. The zero-order valence-corrected chi connectivity index (χ0v) is 7.76. The second-order valence-electron chi connectivity index (χ2n) is 2.45. The molecule has 0 aromatic heterocycles. The van der Waals surface area contributed by atoms with Gasteiger partial charge < -0.3 is 0 Å². The molecule has 0 atom stereocenters. The number of alkyl halides is 2. The van der Waals surface area contributed by atoms with Crippen LogP contribution in [-0.2, 0) is 0 Å². The summed E-state index contributed by atoms with van der Waals surface area (Å²) in [4.78, 5) is 0. The maximum Gasteiger partial charge on any atom is 0.265 e. The normalized spacial score (nSPS) is 10.8. The van der Waals surface area contributed by atoms with Crippen molar-refractivity contribution >= 4 is 23.2 Å². The molecular weight excluding hydrogens is 205 g/mol. The van der Waals surface area contributed by atoms with Crippen molar-refractivity contribution in [3.8, 4) is 0 Å².